The molecule has 3 N–H and O–H groups in total. The van der Waals surface area contributed by atoms with Crippen LogP contribution in [0.1, 0.15) is 10.4 Å². The quantitative estimate of drug-likeness (QED) is 0.710. The van der Waals surface area contributed by atoms with Gasteiger partial charge in [0.2, 0.25) is 5.43 Å². The molecule has 0 aliphatic carbocycles. The van der Waals surface area contributed by atoms with Crippen molar-refractivity contribution < 1.29 is 28.6 Å². The van der Waals surface area contributed by atoms with Crippen LogP contribution in [0.3, 0.4) is 0 Å². The third kappa shape index (κ3) is 2.50. The summed E-state index contributed by atoms with van der Waals surface area (Å²) in [6.07, 6.45) is 0.789. The lowest BCUT2D eigenvalue weighted by Crippen LogP contribution is -2.17. The van der Waals surface area contributed by atoms with Gasteiger partial charge in [0.15, 0.2) is 5.56 Å². The molecule has 1 heterocycles. The fourth-order valence-electron chi connectivity index (χ4n) is 1.55. The number of benzene rings is 1. The van der Waals surface area contributed by atoms with Gasteiger partial charge in [-0.15, -0.1) is 0 Å². The van der Waals surface area contributed by atoms with E-state index in [2.05, 4.69) is 0 Å². The summed E-state index contributed by atoms with van der Waals surface area (Å²) in [6.45, 7) is 0. The highest BCUT2D eigenvalue weighted by Gasteiger charge is 2.45. The molecule has 2 aromatic rings. The van der Waals surface area contributed by atoms with Gasteiger partial charge in [-0.05, 0) is 18.2 Å². The van der Waals surface area contributed by atoms with Gasteiger partial charge in [0, 0.05) is 0 Å². The molecule has 0 atom stereocenters. The Kier molecular flexibility index (Phi) is 3.38. The summed E-state index contributed by atoms with van der Waals surface area (Å²) in [5, 5.41) is 0.0404. The summed E-state index contributed by atoms with van der Waals surface area (Å²) in [5.41, 5.74) is -2.64. The molecule has 0 fully saturated rings. The molecule has 0 saturated heterocycles. The van der Waals surface area contributed by atoms with Crippen LogP contribution < -0.4 is 10.2 Å². The molecule has 7 nitrogen and oxygen atoms in total. The molecule has 0 unspecified atom stereocenters. The minimum absolute atomic E-state index is 0.0404. The van der Waals surface area contributed by atoms with Crippen LogP contribution >= 0.6 is 7.94 Å². The number of carbonyl (C=O) groups is 1. The van der Waals surface area contributed by atoms with E-state index in [-0.39, 0.29) is 11.0 Å². The number of ether oxygens (including phenoxy) is 1. The maximum atomic E-state index is 12.0. The molecule has 100 valence electrons. The Labute approximate surface area is 107 Å². The zero-order valence-electron chi connectivity index (χ0n) is 9.73. The largest absolute Gasteiger partial charge is 0.497 e. The number of fused-ring (bicyclic) bond motifs is 1. The van der Waals surface area contributed by atoms with Gasteiger partial charge in [0.05, 0.1) is 12.5 Å². The van der Waals surface area contributed by atoms with Crippen molar-refractivity contribution in [3.8, 4) is 5.75 Å². The molecule has 0 amide bonds. The average molecular weight is 285 g/mol. The fourth-order valence-corrected chi connectivity index (χ4v) is 2.02. The van der Waals surface area contributed by atoms with E-state index in [9.17, 15) is 9.59 Å². The molecule has 1 aromatic carbocycles. The van der Waals surface area contributed by atoms with Gasteiger partial charge in [-0.1, -0.05) is 0 Å². The molecule has 8 heteroatoms. The van der Waals surface area contributed by atoms with Crippen LogP contribution in [0.5, 0.6) is 5.75 Å². The van der Waals surface area contributed by atoms with Crippen LogP contribution in [0.4, 0.5) is 0 Å². The zero-order valence-corrected chi connectivity index (χ0v) is 10.6. The van der Waals surface area contributed by atoms with Gasteiger partial charge in [0.1, 0.15) is 17.6 Å². The molecule has 1 aromatic heterocycles. The van der Waals surface area contributed by atoms with E-state index < -0.39 is 24.5 Å². The van der Waals surface area contributed by atoms with Crippen LogP contribution in [0.15, 0.2) is 33.7 Å². The second-order valence-electron chi connectivity index (χ2n) is 3.71. The molecule has 0 radical (unpaired) electrons. The van der Waals surface area contributed by atoms with Crippen molar-refractivity contribution in [2.75, 3.05) is 7.11 Å². The highest BCUT2D eigenvalue weighted by molar-refractivity contribution is 7.76. The Balaban J connectivity index is 2.69. The lowest BCUT2D eigenvalue weighted by Gasteiger charge is -2.04. The molecule has 0 saturated carbocycles. The normalized spacial score (nSPS) is 11.6. The second-order valence-corrected chi connectivity index (χ2v) is 5.26. The topological polar surface area (TPSA) is 117 Å². The van der Waals surface area contributed by atoms with Crippen molar-refractivity contribution in [1.29, 1.82) is 0 Å². The van der Waals surface area contributed by atoms with E-state index in [1.54, 1.807) is 6.07 Å². The standard InChI is InChI=1S/C11H10O7P/c1-17-6-2-3-9-7(4-6)10(12)8(5-18-9)11(13)19(14,15)16/h2-5,14-16H,1H3/q+1. The van der Waals surface area contributed by atoms with Crippen molar-refractivity contribution in [1.82, 2.24) is 0 Å². The van der Waals surface area contributed by atoms with Gasteiger partial charge in [0.25, 0.3) is 0 Å². The average Bonchev–Trinajstić information content (AvgIpc) is 2.37. The molecule has 0 aliphatic heterocycles. The van der Waals surface area contributed by atoms with Crippen LogP contribution in [0.2, 0.25) is 0 Å². The first-order chi connectivity index (χ1) is 8.84. The van der Waals surface area contributed by atoms with Crippen molar-refractivity contribution in [2.45, 2.75) is 0 Å². The Bertz CT molecular complexity index is 698. The molecular formula is C11H10O7P+. The van der Waals surface area contributed by atoms with Crippen molar-refractivity contribution in [3.63, 3.8) is 0 Å². The minimum atomic E-state index is -4.78. The number of hydrogen-bond donors (Lipinski definition) is 3. The first-order valence-electron chi connectivity index (χ1n) is 5.06. The van der Waals surface area contributed by atoms with Crippen LogP contribution in [0.25, 0.3) is 11.0 Å². The SMILES string of the molecule is COc1ccc2occ(C(=O)[P+](O)(O)O)c(=O)c2c1. The minimum Gasteiger partial charge on any atom is -0.497 e. The van der Waals surface area contributed by atoms with Crippen LogP contribution in [-0.4, -0.2) is 27.3 Å². The Morgan fingerprint density at radius 2 is 2.00 bits per heavy atom. The van der Waals surface area contributed by atoms with Gasteiger partial charge in [-0.3, -0.25) is 4.79 Å². The lowest BCUT2D eigenvalue weighted by molar-refractivity contribution is 0.102. The van der Waals surface area contributed by atoms with E-state index in [0.717, 1.165) is 6.26 Å². The van der Waals surface area contributed by atoms with Gasteiger partial charge in [-0.25, -0.2) is 4.79 Å². The first-order valence-corrected chi connectivity index (χ1v) is 6.71. The van der Waals surface area contributed by atoms with Crippen molar-refractivity contribution >= 4 is 24.4 Å². The number of methoxy groups -OCH3 is 1. The zero-order chi connectivity index (χ0) is 14.2. The summed E-state index contributed by atoms with van der Waals surface area (Å²) in [4.78, 5) is 50.2. The molecular weight excluding hydrogens is 275 g/mol. The highest BCUT2D eigenvalue weighted by Crippen LogP contribution is 2.47. The number of carbonyl (C=O) groups excluding carboxylic acids is 1. The number of hydrogen-bond acceptors (Lipinski definition) is 7. The smallest absolute Gasteiger partial charge is 0.484 e. The predicted octanol–water partition coefficient (Wildman–Crippen LogP) is 0.681. The molecule has 0 spiro atoms. The second kappa shape index (κ2) is 4.71. The summed E-state index contributed by atoms with van der Waals surface area (Å²) in [5.74, 6) is 0.377. The maximum absolute atomic E-state index is 12.0. The third-order valence-electron chi connectivity index (χ3n) is 2.48. The number of rotatable bonds is 3. The fraction of sp³-hybridized carbons (Fsp3) is 0.0909. The van der Waals surface area contributed by atoms with Gasteiger partial charge in [-0.2, -0.15) is 14.7 Å². The third-order valence-corrected chi connectivity index (χ3v) is 3.27. The highest BCUT2D eigenvalue weighted by atomic mass is 31.2. The lowest BCUT2D eigenvalue weighted by atomic mass is 10.2. The van der Waals surface area contributed by atoms with Crippen molar-refractivity contribution in [3.05, 3.63) is 40.2 Å². The monoisotopic (exact) mass is 285 g/mol. The summed E-state index contributed by atoms with van der Waals surface area (Å²) < 4.78 is 9.99. The molecule has 2 rings (SSSR count). The van der Waals surface area contributed by atoms with E-state index in [1.165, 1.54) is 19.2 Å². The van der Waals surface area contributed by atoms with Crippen LogP contribution in [0, 0.1) is 0 Å². The van der Waals surface area contributed by atoms with Crippen molar-refractivity contribution in [2.24, 2.45) is 0 Å². The predicted molar refractivity (Wildman–Crippen MR) is 66.9 cm³/mol. The Morgan fingerprint density at radius 3 is 2.58 bits per heavy atom. The van der Waals surface area contributed by atoms with E-state index in [1.807, 2.05) is 0 Å². The van der Waals surface area contributed by atoms with E-state index in [4.69, 9.17) is 23.8 Å². The molecule has 0 bridgehead atoms. The first kappa shape index (κ1) is 13.6. The van der Waals surface area contributed by atoms with Crippen LogP contribution in [-0.2, 0) is 0 Å². The summed E-state index contributed by atoms with van der Waals surface area (Å²) in [7, 11) is -3.38. The summed E-state index contributed by atoms with van der Waals surface area (Å²) >= 11 is 0. The molecule has 0 aliphatic rings. The van der Waals surface area contributed by atoms with E-state index in [0.29, 0.717) is 5.75 Å². The van der Waals surface area contributed by atoms with E-state index >= 15 is 0 Å². The van der Waals surface area contributed by atoms with Gasteiger partial charge < -0.3 is 9.15 Å². The maximum Gasteiger partial charge on any atom is 0.484 e. The summed E-state index contributed by atoms with van der Waals surface area (Å²) in [6, 6.07) is 4.39. The Hall–Kier alpha value is -1.79. The molecule has 19 heavy (non-hydrogen) atoms. The van der Waals surface area contributed by atoms with Gasteiger partial charge >= 0.3 is 13.5 Å². The Morgan fingerprint density at radius 1 is 1.32 bits per heavy atom.